The van der Waals surface area contributed by atoms with Crippen molar-refractivity contribution < 1.29 is 0 Å². The summed E-state index contributed by atoms with van der Waals surface area (Å²) >= 11 is 0. The van der Waals surface area contributed by atoms with Gasteiger partial charge in [0, 0.05) is 5.92 Å². The molecule has 0 bridgehead atoms. The number of rotatable bonds is 3. The molecule has 0 unspecified atom stereocenters. The largest absolute Gasteiger partial charge is 0.366 e. The Morgan fingerprint density at radius 2 is 1.92 bits per heavy atom. The maximum absolute atomic E-state index is 5.62. The van der Waals surface area contributed by atoms with Gasteiger partial charge < -0.3 is 11.6 Å². The maximum Gasteiger partial charge on any atom is 0.240 e. The summed E-state index contributed by atoms with van der Waals surface area (Å²) in [5.74, 6) is 7.03. The van der Waals surface area contributed by atoms with Crippen LogP contribution in [-0.4, -0.2) is 14.9 Å². The van der Waals surface area contributed by atoms with Gasteiger partial charge in [0.2, 0.25) is 5.95 Å². The lowest BCUT2D eigenvalue weighted by Crippen LogP contribution is -2.17. The summed E-state index contributed by atoms with van der Waals surface area (Å²) < 4.78 is 1.36. The van der Waals surface area contributed by atoms with Crippen molar-refractivity contribution in [2.75, 3.05) is 11.6 Å². The number of hydrogen-bond donors (Lipinski definition) is 2. The number of nitrogen functional groups attached to an aromatic ring is 2. The highest BCUT2D eigenvalue weighted by Gasteiger charge is 2.15. The molecule has 0 spiro atoms. The second-order valence-electron chi connectivity index (χ2n) is 2.80. The Balaban J connectivity index is 2.93. The van der Waals surface area contributed by atoms with Crippen LogP contribution in [0.3, 0.4) is 0 Å². The Morgan fingerprint density at radius 1 is 1.33 bits per heavy atom. The highest BCUT2D eigenvalue weighted by atomic mass is 15.4. The predicted molar refractivity (Wildman–Crippen MR) is 47.9 cm³/mol. The minimum atomic E-state index is 0.275. The third kappa shape index (κ3) is 1.34. The standard InChI is InChI=1S/C7H15N5/c1-3-5(4-2)6-10-11-7(8)12(6)9/h5H,3-4,9H2,1-2H3,(H2,8,11). The molecule has 0 aliphatic heterocycles. The Hall–Kier alpha value is -1.26. The SMILES string of the molecule is CCC(CC)c1nnc(N)n1N. The minimum absolute atomic E-state index is 0.275. The van der Waals surface area contributed by atoms with E-state index in [1.54, 1.807) is 0 Å². The summed E-state index contributed by atoms with van der Waals surface area (Å²) in [4.78, 5) is 0. The number of nitrogens with zero attached hydrogens (tertiary/aromatic N) is 3. The first-order valence-corrected chi connectivity index (χ1v) is 4.16. The van der Waals surface area contributed by atoms with Gasteiger partial charge in [0.05, 0.1) is 0 Å². The van der Waals surface area contributed by atoms with Gasteiger partial charge in [0.25, 0.3) is 0 Å². The Bertz CT molecular complexity index is 250. The van der Waals surface area contributed by atoms with E-state index < -0.39 is 0 Å². The van der Waals surface area contributed by atoms with Crippen LogP contribution in [-0.2, 0) is 0 Å². The van der Waals surface area contributed by atoms with Crippen LogP contribution in [0, 0.1) is 0 Å². The molecule has 0 amide bonds. The van der Waals surface area contributed by atoms with Crippen molar-refractivity contribution in [3.8, 4) is 0 Å². The molecule has 0 aliphatic rings. The normalized spacial score (nSPS) is 10.9. The Morgan fingerprint density at radius 3 is 2.25 bits per heavy atom. The van der Waals surface area contributed by atoms with E-state index in [2.05, 4.69) is 24.0 Å². The van der Waals surface area contributed by atoms with E-state index in [1.807, 2.05) is 0 Å². The fourth-order valence-electron chi connectivity index (χ4n) is 1.25. The Labute approximate surface area is 71.7 Å². The molecule has 5 nitrogen and oxygen atoms in total. The van der Waals surface area contributed by atoms with Crippen molar-refractivity contribution in [3.05, 3.63) is 5.82 Å². The second-order valence-corrected chi connectivity index (χ2v) is 2.80. The zero-order valence-corrected chi connectivity index (χ0v) is 7.49. The summed E-state index contributed by atoms with van der Waals surface area (Å²) in [6, 6.07) is 0. The molecule has 68 valence electrons. The summed E-state index contributed by atoms with van der Waals surface area (Å²) in [5, 5.41) is 7.62. The van der Waals surface area contributed by atoms with Gasteiger partial charge >= 0.3 is 0 Å². The van der Waals surface area contributed by atoms with E-state index in [0.29, 0.717) is 5.92 Å². The molecule has 1 aromatic rings. The summed E-state index contributed by atoms with van der Waals surface area (Å²) in [6.45, 7) is 4.19. The van der Waals surface area contributed by atoms with Crippen molar-refractivity contribution in [2.24, 2.45) is 0 Å². The van der Waals surface area contributed by atoms with Crippen molar-refractivity contribution in [1.82, 2.24) is 14.9 Å². The van der Waals surface area contributed by atoms with Crippen molar-refractivity contribution in [3.63, 3.8) is 0 Å². The average molecular weight is 169 g/mol. The first-order chi connectivity index (χ1) is 5.70. The molecule has 0 atom stereocenters. The van der Waals surface area contributed by atoms with E-state index in [4.69, 9.17) is 11.6 Å². The van der Waals surface area contributed by atoms with Gasteiger partial charge in [0.1, 0.15) is 0 Å². The highest BCUT2D eigenvalue weighted by Crippen LogP contribution is 2.20. The summed E-state index contributed by atoms with van der Waals surface area (Å²) in [5.41, 5.74) is 5.45. The molecule has 0 aliphatic carbocycles. The lowest BCUT2D eigenvalue weighted by molar-refractivity contribution is 0.585. The van der Waals surface area contributed by atoms with Gasteiger partial charge in [-0.1, -0.05) is 13.8 Å². The topological polar surface area (TPSA) is 82.8 Å². The Kier molecular flexibility index (Phi) is 2.52. The molecular weight excluding hydrogens is 154 g/mol. The van der Waals surface area contributed by atoms with Gasteiger partial charge in [-0.15, -0.1) is 10.2 Å². The lowest BCUT2D eigenvalue weighted by atomic mass is 10.0. The fourth-order valence-corrected chi connectivity index (χ4v) is 1.25. The summed E-state index contributed by atoms with van der Waals surface area (Å²) in [7, 11) is 0. The first kappa shape index (κ1) is 8.83. The van der Waals surface area contributed by atoms with Crippen LogP contribution in [0.2, 0.25) is 0 Å². The first-order valence-electron chi connectivity index (χ1n) is 4.16. The smallest absolute Gasteiger partial charge is 0.240 e. The zero-order chi connectivity index (χ0) is 9.14. The molecule has 0 aromatic carbocycles. The highest BCUT2D eigenvalue weighted by molar-refractivity contribution is 5.18. The van der Waals surface area contributed by atoms with Crippen LogP contribution >= 0.6 is 0 Å². The second kappa shape index (κ2) is 3.42. The third-order valence-corrected chi connectivity index (χ3v) is 2.10. The third-order valence-electron chi connectivity index (χ3n) is 2.10. The molecule has 1 aromatic heterocycles. The zero-order valence-electron chi connectivity index (χ0n) is 7.49. The van der Waals surface area contributed by atoms with Crippen molar-refractivity contribution in [1.29, 1.82) is 0 Å². The molecule has 0 saturated carbocycles. The van der Waals surface area contributed by atoms with Crippen LogP contribution in [0.25, 0.3) is 0 Å². The number of hydrogen-bond acceptors (Lipinski definition) is 4. The minimum Gasteiger partial charge on any atom is -0.366 e. The van der Waals surface area contributed by atoms with E-state index in [-0.39, 0.29) is 5.95 Å². The van der Waals surface area contributed by atoms with Crippen LogP contribution in [0.5, 0.6) is 0 Å². The maximum atomic E-state index is 5.62. The molecule has 5 heteroatoms. The van der Waals surface area contributed by atoms with Gasteiger partial charge in [-0.05, 0) is 12.8 Å². The molecular formula is C7H15N5. The quantitative estimate of drug-likeness (QED) is 0.644. The van der Waals surface area contributed by atoms with E-state index in [1.165, 1.54) is 4.68 Å². The fraction of sp³-hybridized carbons (Fsp3) is 0.714. The molecule has 4 N–H and O–H groups in total. The van der Waals surface area contributed by atoms with Crippen LogP contribution in [0.15, 0.2) is 0 Å². The van der Waals surface area contributed by atoms with Crippen LogP contribution in [0.1, 0.15) is 38.4 Å². The molecule has 1 heterocycles. The molecule has 1 rings (SSSR count). The average Bonchev–Trinajstić information content (AvgIpc) is 2.38. The van der Waals surface area contributed by atoms with Crippen LogP contribution in [0.4, 0.5) is 5.95 Å². The predicted octanol–water partition coefficient (Wildman–Crippen LogP) is 0.478. The van der Waals surface area contributed by atoms with Gasteiger partial charge in [0.15, 0.2) is 5.82 Å². The van der Waals surface area contributed by atoms with Gasteiger partial charge in [-0.25, -0.2) is 4.68 Å². The molecule has 0 radical (unpaired) electrons. The number of anilines is 1. The van der Waals surface area contributed by atoms with E-state index in [0.717, 1.165) is 18.7 Å². The van der Waals surface area contributed by atoms with E-state index in [9.17, 15) is 0 Å². The van der Waals surface area contributed by atoms with Crippen LogP contribution < -0.4 is 11.6 Å². The molecule has 0 saturated heterocycles. The van der Waals surface area contributed by atoms with Crippen molar-refractivity contribution >= 4 is 5.95 Å². The van der Waals surface area contributed by atoms with Gasteiger partial charge in [-0.3, -0.25) is 0 Å². The summed E-state index contributed by atoms with van der Waals surface area (Å²) in [6.07, 6.45) is 2.01. The number of nitrogens with two attached hydrogens (primary N) is 2. The lowest BCUT2D eigenvalue weighted by Gasteiger charge is -2.09. The van der Waals surface area contributed by atoms with Gasteiger partial charge in [-0.2, -0.15) is 0 Å². The monoisotopic (exact) mass is 169 g/mol. The molecule has 0 fully saturated rings. The number of aromatic nitrogens is 3. The van der Waals surface area contributed by atoms with Crippen molar-refractivity contribution in [2.45, 2.75) is 32.6 Å². The molecule has 12 heavy (non-hydrogen) atoms. The van der Waals surface area contributed by atoms with E-state index >= 15 is 0 Å².